The Kier molecular flexibility index (Phi) is 6.05. The maximum Gasteiger partial charge on any atom is 0.344 e. The minimum Gasteiger partial charge on any atom is -0.480 e. The number of carbonyl (C=O) groups is 2. The van der Waals surface area contributed by atoms with Crippen molar-refractivity contribution in [3.8, 4) is 5.75 Å². The SMILES string of the molecule is C[C@@H](NC(=O)COC(=O)COc1ccccc1Cl)c1ccco1. The van der Waals surface area contributed by atoms with Crippen molar-refractivity contribution in [1.29, 1.82) is 0 Å². The molecule has 2 aromatic rings. The van der Waals surface area contributed by atoms with Gasteiger partial charge in [-0.3, -0.25) is 4.79 Å². The predicted molar refractivity (Wildman–Crippen MR) is 83.2 cm³/mol. The summed E-state index contributed by atoms with van der Waals surface area (Å²) in [5, 5.41) is 3.04. The number of nitrogens with one attached hydrogen (secondary N) is 1. The predicted octanol–water partition coefficient (Wildman–Crippen LogP) is 2.73. The van der Waals surface area contributed by atoms with Gasteiger partial charge in [-0.15, -0.1) is 0 Å². The molecular formula is C16H16ClNO5. The van der Waals surface area contributed by atoms with Crippen LogP contribution in [0.5, 0.6) is 5.75 Å². The van der Waals surface area contributed by atoms with E-state index in [2.05, 4.69) is 5.32 Å². The Morgan fingerprint density at radius 1 is 1.22 bits per heavy atom. The van der Waals surface area contributed by atoms with Gasteiger partial charge in [0.15, 0.2) is 13.2 Å². The number of furan rings is 1. The molecule has 1 atom stereocenters. The number of para-hydroxylation sites is 1. The monoisotopic (exact) mass is 337 g/mol. The highest BCUT2D eigenvalue weighted by atomic mass is 35.5. The van der Waals surface area contributed by atoms with Crippen LogP contribution in [0.1, 0.15) is 18.7 Å². The second-order valence-corrected chi connectivity index (χ2v) is 5.09. The summed E-state index contributed by atoms with van der Waals surface area (Å²) in [6, 6.07) is 9.92. The van der Waals surface area contributed by atoms with Crippen molar-refractivity contribution < 1.29 is 23.5 Å². The molecule has 0 aliphatic heterocycles. The van der Waals surface area contributed by atoms with Gasteiger partial charge in [-0.2, -0.15) is 0 Å². The van der Waals surface area contributed by atoms with E-state index in [0.29, 0.717) is 16.5 Å². The van der Waals surface area contributed by atoms with Crippen LogP contribution in [0.4, 0.5) is 0 Å². The lowest BCUT2D eigenvalue weighted by atomic mass is 10.2. The molecule has 0 aliphatic rings. The molecule has 1 aromatic heterocycles. The van der Waals surface area contributed by atoms with Crippen molar-refractivity contribution in [3.63, 3.8) is 0 Å². The fraction of sp³-hybridized carbons (Fsp3) is 0.250. The van der Waals surface area contributed by atoms with E-state index in [4.69, 9.17) is 25.5 Å². The zero-order valence-electron chi connectivity index (χ0n) is 12.5. The lowest BCUT2D eigenvalue weighted by Crippen LogP contribution is -2.31. The summed E-state index contributed by atoms with van der Waals surface area (Å²) in [5.41, 5.74) is 0. The topological polar surface area (TPSA) is 77.8 Å². The second-order valence-electron chi connectivity index (χ2n) is 4.68. The van der Waals surface area contributed by atoms with Crippen LogP contribution in [-0.4, -0.2) is 25.1 Å². The van der Waals surface area contributed by atoms with Gasteiger partial charge in [-0.05, 0) is 31.2 Å². The van der Waals surface area contributed by atoms with Crippen LogP contribution in [0.15, 0.2) is 47.1 Å². The number of hydrogen-bond acceptors (Lipinski definition) is 5. The van der Waals surface area contributed by atoms with E-state index in [0.717, 1.165) is 0 Å². The van der Waals surface area contributed by atoms with Gasteiger partial charge in [0.05, 0.1) is 17.3 Å². The molecule has 2 rings (SSSR count). The smallest absolute Gasteiger partial charge is 0.344 e. The Balaban J connectivity index is 1.70. The van der Waals surface area contributed by atoms with Gasteiger partial charge >= 0.3 is 5.97 Å². The minimum absolute atomic E-state index is 0.310. The van der Waals surface area contributed by atoms with E-state index in [1.807, 2.05) is 0 Å². The zero-order valence-corrected chi connectivity index (χ0v) is 13.2. The fourth-order valence-electron chi connectivity index (χ4n) is 1.78. The van der Waals surface area contributed by atoms with Crippen molar-refractivity contribution >= 4 is 23.5 Å². The Labute approximate surface area is 138 Å². The van der Waals surface area contributed by atoms with E-state index in [-0.39, 0.29) is 12.6 Å². The summed E-state index contributed by atoms with van der Waals surface area (Å²) in [7, 11) is 0. The number of ether oxygens (including phenoxy) is 2. The molecule has 1 amide bonds. The number of amides is 1. The molecular weight excluding hydrogens is 322 g/mol. The Morgan fingerprint density at radius 2 is 2.00 bits per heavy atom. The lowest BCUT2D eigenvalue weighted by Gasteiger charge is -2.12. The number of carbonyl (C=O) groups excluding carboxylic acids is 2. The summed E-state index contributed by atoms with van der Waals surface area (Å²) in [6.07, 6.45) is 1.52. The van der Waals surface area contributed by atoms with Crippen LogP contribution in [0.25, 0.3) is 0 Å². The molecule has 23 heavy (non-hydrogen) atoms. The summed E-state index contributed by atoms with van der Waals surface area (Å²) < 4.78 is 15.2. The van der Waals surface area contributed by atoms with E-state index in [1.165, 1.54) is 6.26 Å². The first-order valence-electron chi connectivity index (χ1n) is 6.92. The van der Waals surface area contributed by atoms with Crippen molar-refractivity contribution in [2.45, 2.75) is 13.0 Å². The van der Waals surface area contributed by atoms with Crippen LogP contribution in [-0.2, 0) is 14.3 Å². The summed E-state index contributed by atoms with van der Waals surface area (Å²) in [4.78, 5) is 23.2. The highest BCUT2D eigenvalue weighted by Gasteiger charge is 2.14. The molecule has 0 bridgehead atoms. The van der Waals surface area contributed by atoms with Gasteiger partial charge in [0, 0.05) is 0 Å². The molecule has 0 saturated carbocycles. The summed E-state index contributed by atoms with van der Waals surface area (Å²) in [6.45, 7) is 1.04. The van der Waals surface area contributed by atoms with E-state index < -0.39 is 18.5 Å². The van der Waals surface area contributed by atoms with Crippen LogP contribution < -0.4 is 10.1 Å². The number of hydrogen-bond donors (Lipinski definition) is 1. The molecule has 0 radical (unpaired) electrons. The fourth-order valence-corrected chi connectivity index (χ4v) is 1.97. The van der Waals surface area contributed by atoms with Crippen molar-refractivity contribution in [2.75, 3.05) is 13.2 Å². The van der Waals surface area contributed by atoms with Gasteiger partial charge < -0.3 is 19.2 Å². The second kappa shape index (κ2) is 8.24. The molecule has 0 spiro atoms. The molecule has 1 N–H and O–H groups in total. The average molecular weight is 338 g/mol. The molecule has 0 saturated heterocycles. The third-order valence-electron chi connectivity index (χ3n) is 2.89. The van der Waals surface area contributed by atoms with E-state index in [1.54, 1.807) is 43.3 Å². The third-order valence-corrected chi connectivity index (χ3v) is 3.21. The van der Waals surface area contributed by atoms with Crippen LogP contribution in [0, 0.1) is 0 Å². The first kappa shape index (κ1) is 16.9. The highest BCUT2D eigenvalue weighted by Crippen LogP contribution is 2.22. The van der Waals surface area contributed by atoms with Crippen molar-refractivity contribution in [2.24, 2.45) is 0 Å². The van der Waals surface area contributed by atoms with Crippen molar-refractivity contribution in [1.82, 2.24) is 5.32 Å². The molecule has 0 unspecified atom stereocenters. The molecule has 0 fully saturated rings. The Bertz CT molecular complexity index is 656. The first-order valence-corrected chi connectivity index (χ1v) is 7.30. The standard InChI is InChI=1S/C16H16ClNO5/c1-11(13-7-4-8-21-13)18-15(19)9-23-16(20)10-22-14-6-3-2-5-12(14)17/h2-8,11H,9-10H2,1H3,(H,18,19)/t11-/m1/s1. The molecule has 6 nitrogen and oxygen atoms in total. The molecule has 1 heterocycles. The van der Waals surface area contributed by atoms with Crippen molar-refractivity contribution in [3.05, 3.63) is 53.4 Å². The van der Waals surface area contributed by atoms with Gasteiger partial charge in [0.1, 0.15) is 11.5 Å². The largest absolute Gasteiger partial charge is 0.480 e. The molecule has 122 valence electrons. The summed E-state index contributed by atoms with van der Waals surface area (Å²) >= 11 is 5.89. The van der Waals surface area contributed by atoms with Gasteiger partial charge in [0.25, 0.3) is 5.91 Å². The van der Waals surface area contributed by atoms with E-state index >= 15 is 0 Å². The van der Waals surface area contributed by atoms with Crippen LogP contribution >= 0.6 is 11.6 Å². The normalized spacial score (nSPS) is 11.6. The maximum absolute atomic E-state index is 11.7. The molecule has 0 aliphatic carbocycles. The van der Waals surface area contributed by atoms with E-state index in [9.17, 15) is 9.59 Å². The number of halogens is 1. The number of rotatable bonds is 7. The number of benzene rings is 1. The highest BCUT2D eigenvalue weighted by molar-refractivity contribution is 6.32. The van der Waals surface area contributed by atoms with Gasteiger partial charge in [-0.25, -0.2) is 4.79 Å². The van der Waals surface area contributed by atoms with Crippen LogP contribution in [0.3, 0.4) is 0 Å². The molecule has 7 heteroatoms. The lowest BCUT2D eigenvalue weighted by molar-refractivity contribution is -0.150. The zero-order chi connectivity index (χ0) is 16.7. The minimum atomic E-state index is -0.661. The Hall–Kier alpha value is -2.47. The summed E-state index contributed by atoms with van der Waals surface area (Å²) in [5.74, 6) is -0.0977. The third kappa shape index (κ3) is 5.34. The number of esters is 1. The molecule has 1 aromatic carbocycles. The average Bonchev–Trinajstić information content (AvgIpc) is 3.06. The van der Waals surface area contributed by atoms with Gasteiger partial charge in [0.2, 0.25) is 0 Å². The maximum atomic E-state index is 11.7. The Morgan fingerprint density at radius 3 is 2.70 bits per heavy atom. The van der Waals surface area contributed by atoms with Crippen LogP contribution in [0.2, 0.25) is 5.02 Å². The first-order chi connectivity index (χ1) is 11.1. The quantitative estimate of drug-likeness (QED) is 0.786. The van der Waals surface area contributed by atoms with Gasteiger partial charge in [-0.1, -0.05) is 23.7 Å².